The SMILES string of the molecule is CCOc1ccccc1OCC(=O)Nc1n[nH]c2c1CCNC2. The van der Waals surface area contributed by atoms with Gasteiger partial charge in [0, 0.05) is 12.1 Å². The van der Waals surface area contributed by atoms with Crippen LogP contribution in [0.2, 0.25) is 0 Å². The second-order valence-electron chi connectivity index (χ2n) is 5.17. The van der Waals surface area contributed by atoms with Crippen molar-refractivity contribution in [2.24, 2.45) is 0 Å². The molecule has 1 amide bonds. The number of amides is 1. The summed E-state index contributed by atoms with van der Waals surface area (Å²) in [6.07, 6.45) is 0.843. The van der Waals surface area contributed by atoms with Gasteiger partial charge in [-0.15, -0.1) is 0 Å². The van der Waals surface area contributed by atoms with Crippen LogP contribution in [-0.4, -0.2) is 35.9 Å². The first-order chi connectivity index (χ1) is 11.3. The van der Waals surface area contributed by atoms with Gasteiger partial charge in [0.15, 0.2) is 23.9 Å². The average Bonchev–Trinajstić information content (AvgIpc) is 2.98. The molecule has 23 heavy (non-hydrogen) atoms. The molecular weight excluding hydrogens is 296 g/mol. The Morgan fingerprint density at radius 2 is 2.09 bits per heavy atom. The molecule has 0 spiro atoms. The van der Waals surface area contributed by atoms with Gasteiger partial charge in [-0.2, -0.15) is 5.10 Å². The standard InChI is InChI=1S/C16H20N4O3/c1-2-22-13-5-3-4-6-14(13)23-10-15(21)18-16-11-7-8-17-9-12(11)19-20-16/h3-6,17H,2,7-10H2,1H3,(H2,18,19,20,21). The van der Waals surface area contributed by atoms with E-state index in [9.17, 15) is 4.79 Å². The van der Waals surface area contributed by atoms with E-state index in [1.54, 1.807) is 6.07 Å². The largest absolute Gasteiger partial charge is 0.490 e. The molecule has 3 rings (SSSR count). The molecular formula is C16H20N4O3. The topological polar surface area (TPSA) is 88.3 Å². The fourth-order valence-corrected chi connectivity index (χ4v) is 2.50. The van der Waals surface area contributed by atoms with Gasteiger partial charge >= 0.3 is 0 Å². The summed E-state index contributed by atoms with van der Waals surface area (Å²) in [5.74, 6) is 1.53. The summed E-state index contributed by atoms with van der Waals surface area (Å²) >= 11 is 0. The van der Waals surface area contributed by atoms with Gasteiger partial charge in [-0.1, -0.05) is 12.1 Å². The number of benzene rings is 1. The minimum atomic E-state index is -0.246. The van der Waals surface area contributed by atoms with Gasteiger partial charge in [-0.05, 0) is 32.0 Å². The number of carbonyl (C=O) groups excluding carboxylic acids is 1. The third-order valence-electron chi connectivity index (χ3n) is 3.57. The lowest BCUT2D eigenvalue weighted by molar-refractivity contribution is -0.118. The van der Waals surface area contributed by atoms with Crippen molar-refractivity contribution in [3.8, 4) is 11.5 Å². The Bertz CT molecular complexity index is 684. The number of nitrogens with one attached hydrogen (secondary N) is 3. The first kappa shape index (κ1) is 15.4. The lowest BCUT2D eigenvalue weighted by Crippen LogP contribution is -2.25. The van der Waals surface area contributed by atoms with Crippen LogP contribution < -0.4 is 20.1 Å². The molecule has 1 aliphatic rings. The van der Waals surface area contributed by atoms with Crippen LogP contribution in [0.15, 0.2) is 24.3 Å². The Balaban J connectivity index is 1.59. The molecule has 0 saturated heterocycles. The first-order valence-electron chi connectivity index (χ1n) is 7.69. The van der Waals surface area contributed by atoms with Crippen molar-refractivity contribution in [2.75, 3.05) is 25.1 Å². The number of para-hydroxylation sites is 2. The average molecular weight is 316 g/mol. The molecule has 122 valence electrons. The molecule has 0 radical (unpaired) electrons. The van der Waals surface area contributed by atoms with E-state index in [2.05, 4.69) is 20.8 Å². The number of aromatic amines is 1. The Kier molecular flexibility index (Phi) is 4.77. The summed E-state index contributed by atoms with van der Waals surface area (Å²) in [6.45, 7) is 3.98. The van der Waals surface area contributed by atoms with Crippen LogP contribution in [0.25, 0.3) is 0 Å². The van der Waals surface area contributed by atoms with Crippen molar-refractivity contribution < 1.29 is 14.3 Å². The summed E-state index contributed by atoms with van der Waals surface area (Å²) < 4.78 is 11.0. The summed E-state index contributed by atoms with van der Waals surface area (Å²) in [5.41, 5.74) is 2.08. The second kappa shape index (κ2) is 7.15. The van der Waals surface area contributed by atoms with Crippen LogP contribution in [0.4, 0.5) is 5.82 Å². The number of hydrogen-bond donors (Lipinski definition) is 3. The van der Waals surface area contributed by atoms with Gasteiger partial charge in [0.25, 0.3) is 5.91 Å². The van der Waals surface area contributed by atoms with E-state index in [1.807, 2.05) is 25.1 Å². The number of carbonyl (C=O) groups is 1. The molecule has 0 unspecified atom stereocenters. The number of rotatable bonds is 6. The van der Waals surface area contributed by atoms with Crippen LogP contribution in [0.5, 0.6) is 11.5 Å². The van der Waals surface area contributed by atoms with Gasteiger partial charge in [-0.3, -0.25) is 9.89 Å². The highest BCUT2D eigenvalue weighted by Gasteiger charge is 2.18. The summed E-state index contributed by atoms with van der Waals surface area (Å²) in [5, 5.41) is 13.2. The van der Waals surface area contributed by atoms with Crippen LogP contribution in [-0.2, 0) is 17.8 Å². The maximum atomic E-state index is 12.1. The third-order valence-corrected chi connectivity index (χ3v) is 3.57. The fourth-order valence-electron chi connectivity index (χ4n) is 2.50. The number of anilines is 1. The molecule has 2 aromatic rings. The molecule has 1 aliphatic heterocycles. The maximum Gasteiger partial charge on any atom is 0.263 e. The number of aromatic nitrogens is 2. The highest BCUT2D eigenvalue weighted by molar-refractivity contribution is 5.91. The van der Waals surface area contributed by atoms with Crippen molar-refractivity contribution in [1.29, 1.82) is 0 Å². The normalized spacial score (nSPS) is 13.3. The zero-order chi connectivity index (χ0) is 16.1. The number of hydrogen-bond acceptors (Lipinski definition) is 5. The lowest BCUT2D eigenvalue weighted by atomic mass is 10.1. The predicted octanol–water partition coefficient (Wildman–Crippen LogP) is 1.47. The van der Waals surface area contributed by atoms with Gasteiger partial charge in [-0.25, -0.2) is 0 Å². The zero-order valence-electron chi connectivity index (χ0n) is 13.0. The molecule has 1 aromatic carbocycles. The van der Waals surface area contributed by atoms with Gasteiger partial charge in [0.1, 0.15) is 0 Å². The summed E-state index contributed by atoms with van der Waals surface area (Å²) in [6, 6.07) is 7.29. The molecule has 7 heteroatoms. The van der Waals surface area contributed by atoms with Gasteiger partial charge in [0.2, 0.25) is 0 Å². The van der Waals surface area contributed by atoms with Crippen molar-refractivity contribution in [3.05, 3.63) is 35.5 Å². The van der Waals surface area contributed by atoms with E-state index < -0.39 is 0 Å². The Hall–Kier alpha value is -2.54. The molecule has 1 aromatic heterocycles. The van der Waals surface area contributed by atoms with E-state index in [0.29, 0.717) is 23.9 Å². The van der Waals surface area contributed by atoms with Crippen LogP contribution in [0.1, 0.15) is 18.2 Å². The number of fused-ring (bicyclic) bond motifs is 1. The number of H-pyrrole nitrogens is 1. The Labute approximate surface area is 134 Å². The van der Waals surface area contributed by atoms with E-state index in [4.69, 9.17) is 9.47 Å². The maximum absolute atomic E-state index is 12.1. The van der Waals surface area contributed by atoms with E-state index in [0.717, 1.165) is 30.8 Å². The van der Waals surface area contributed by atoms with Crippen LogP contribution in [0.3, 0.4) is 0 Å². The number of ether oxygens (including phenoxy) is 2. The number of nitrogens with zero attached hydrogens (tertiary/aromatic N) is 1. The molecule has 2 heterocycles. The van der Waals surface area contributed by atoms with Crippen LogP contribution in [0, 0.1) is 0 Å². The quantitative estimate of drug-likeness (QED) is 0.751. The smallest absolute Gasteiger partial charge is 0.263 e. The van der Waals surface area contributed by atoms with Crippen LogP contribution >= 0.6 is 0 Å². The molecule has 0 saturated carbocycles. The van der Waals surface area contributed by atoms with Crippen molar-refractivity contribution in [3.63, 3.8) is 0 Å². The molecule has 0 fully saturated rings. The molecule has 0 bridgehead atoms. The summed E-state index contributed by atoms with van der Waals surface area (Å²) in [4.78, 5) is 12.1. The lowest BCUT2D eigenvalue weighted by Gasteiger charge is -2.13. The molecule has 3 N–H and O–H groups in total. The molecule has 0 aliphatic carbocycles. The predicted molar refractivity (Wildman–Crippen MR) is 85.7 cm³/mol. The van der Waals surface area contributed by atoms with E-state index >= 15 is 0 Å². The second-order valence-corrected chi connectivity index (χ2v) is 5.17. The first-order valence-corrected chi connectivity index (χ1v) is 7.69. The highest BCUT2D eigenvalue weighted by Crippen LogP contribution is 2.26. The van der Waals surface area contributed by atoms with E-state index in [-0.39, 0.29) is 12.5 Å². The molecule has 7 nitrogen and oxygen atoms in total. The Morgan fingerprint density at radius 3 is 2.87 bits per heavy atom. The monoisotopic (exact) mass is 316 g/mol. The zero-order valence-corrected chi connectivity index (χ0v) is 13.0. The minimum Gasteiger partial charge on any atom is -0.490 e. The van der Waals surface area contributed by atoms with Crippen molar-refractivity contribution in [1.82, 2.24) is 15.5 Å². The van der Waals surface area contributed by atoms with Crippen molar-refractivity contribution >= 4 is 11.7 Å². The Morgan fingerprint density at radius 1 is 1.30 bits per heavy atom. The highest BCUT2D eigenvalue weighted by atomic mass is 16.5. The minimum absolute atomic E-state index is 0.0933. The van der Waals surface area contributed by atoms with Gasteiger partial charge in [0.05, 0.1) is 12.3 Å². The third kappa shape index (κ3) is 3.62. The summed E-state index contributed by atoms with van der Waals surface area (Å²) in [7, 11) is 0. The molecule has 0 atom stereocenters. The fraction of sp³-hybridized carbons (Fsp3) is 0.375. The van der Waals surface area contributed by atoms with Crippen molar-refractivity contribution in [2.45, 2.75) is 19.9 Å². The van der Waals surface area contributed by atoms with E-state index in [1.165, 1.54) is 0 Å². The van der Waals surface area contributed by atoms with Gasteiger partial charge < -0.3 is 20.1 Å².